The molecule has 5 nitrogen and oxygen atoms in total. The second-order valence-corrected chi connectivity index (χ2v) is 8.22. The van der Waals surface area contributed by atoms with Crippen molar-refractivity contribution in [1.29, 1.82) is 5.26 Å². The van der Waals surface area contributed by atoms with Gasteiger partial charge in [0.05, 0.1) is 11.3 Å². The number of benzene rings is 1. The Morgan fingerprint density at radius 1 is 1.18 bits per heavy atom. The molecule has 0 aliphatic carbocycles. The van der Waals surface area contributed by atoms with Gasteiger partial charge in [-0.15, -0.1) is 0 Å². The average molecular weight is 395 g/mol. The van der Waals surface area contributed by atoms with Gasteiger partial charge >= 0.3 is 0 Å². The van der Waals surface area contributed by atoms with Crippen molar-refractivity contribution in [3.05, 3.63) is 52.2 Å². The predicted octanol–water partition coefficient (Wildman–Crippen LogP) is 4.21. The first kappa shape index (κ1) is 20.4. The lowest BCUT2D eigenvalue weighted by atomic mass is 10.1. The molecule has 1 aromatic carbocycles. The van der Waals surface area contributed by atoms with Crippen LogP contribution in [0.4, 0.5) is 5.69 Å². The zero-order chi connectivity index (χ0) is 20.1. The van der Waals surface area contributed by atoms with Crippen molar-refractivity contribution in [1.82, 2.24) is 9.88 Å². The number of anilines is 1. The zero-order valence-electron chi connectivity index (χ0n) is 16.7. The molecule has 28 heavy (non-hydrogen) atoms. The highest BCUT2D eigenvalue weighted by Gasteiger charge is 2.15. The van der Waals surface area contributed by atoms with E-state index < -0.39 is 0 Å². The summed E-state index contributed by atoms with van der Waals surface area (Å²) in [5, 5.41) is 13.0. The molecule has 0 radical (unpaired) electrons. The van der Waals surface area contributed by atoms with Crippen LogP contribution >= 0.6 is 11.8 Å². The number of likely N-dealkylation sites (tertiary alicyclic amines) is 1. The Balaban J connectivity index is 1.57. The van der Waals surface area contributed by atoms with Gasteiger partial charge in [0.25, 0.3) is 0 Å². The molecule has 2 heterocycles. The van der Waals surface area contributed by atoms with Crippen LogP contribution in [-0.2, 0) is 11.3 Å². The molecule has 2 aromatic rings. The Labute approximate surface area is 171 Å². The van der Waals surface area contributed by atoms with E-state index in [0.29, 0.717) is 10.6 Å². The fourth-order valence-corrected chi connectivity index (χ4v) is 4.26. The molecule has 0 unspecified atom stereocenters. The van der Waals surface area contributed by atoms with Gasteiger partial charge in [-0.05, 0) is 75.5 Å². The molecule has 1 saturated heterocycles. The summed E-state index contributed by atoms with van der Waals surface area (Å²) in [7, 11) is 0. The SMILES string of the molecule is Cc1nc(SCC(=O)Nc2ccc(CN3CCCC3)cc2)c(C#N)c(C)c1C. The van der Waals surface area contributed by atoms with Crippen molar-refractivity contribution >= 4 is 23.4 Å². The van der Waals surface area contributed by atoms with Gasteiger partial charge in [0, 0.05) is 17.9 Å². The van der Waals surface area contributed by atoms with Crippen LogP contribution in [0.15, 0.2) is 29.3 Å². The molecule has 6 heteroatoms. The minimum absolute atomic E-state index is 0.0983. The molecular formula is C22H26N4OS. The smallest absolute Gasteiger partial charge is 0.234 e. The fraction of sp³-hybridized carbons (Fsp3) is 0.409. The van der Waals surface area contributed by atoms with E-state index in [2.05, 4.69) is 33.4 Å². The second-order valence-electron chi connectivity index (χ2n) is 7.26. The Kier molecular flexibility index (Phi) is 6.71. The number of thioether (sulfide) groups is 1. The van der Waals surface area contributed by atoms with Crippen molar-refractivity contribution in [2.75, 3.05) is 24.2 Å². The molecule has 1 amide bonds. The lowest BCUT2D eigenvalue weighted by Gasteiger charge is -2.15. The number of hydrogen-bond donors (Lipinski definition) is 1. The van der Waals surface area contributed by atoms with E-state index in [9.17, 15) is 10.1 Å². The number of carbonyl (C=O) groups is 1. The number of nitrogens with one attached hydrogen (secondary N) is 1. The average Bonchev–Trinajstić information content (AvgIpc) is 3.19. The number of aryl methyl sites for hydroxylation is 1. The molecule has 1 aliphatic heterocycles. The molecule has 0 saturated carbocycles. The van der Waals surface area contributed by atoms with E-state index in [1.807, 2.05) is 32.9 Å². The first-order valence-electron chi connectivity index (χ1n) is 9.59. The van der Waals surface area contributed by atoms with Crippen LogP contribution in [0.1, 0.15) is 40.8 Å². The van der Waals surface area contributed by atoms with Crippen LogP contribution in [-0.4, -0.2) is 34.6 Å². The Morgan fingerprint density at radius 3 is 2.50 bits per heavy atom. The minimum Gasteiger partial charge on any atom is -0.325 e. The van der Waals surface area contributed by atoms with E-state index in [0.717, 1.165) is 29.1 Å². The molecule has 0 spiro atoms. The summed E-state index contributed by atoms with van der Waals surface area (Å²) in [6.07, 6.45) is 2.57. The zero-order valence-corrected chi connectivity index (χ0v) is 17.5. The third-order valence-electron chi connectivity index (χ3n) is 5.26. The van der Waals surface area contributed by atoms with Crippen LogP contribution < -0.4 is 5.32 Å². The number of pyridine rings is 1. The number of nitrogens with zero attached hydrogens (tertiary/aromatic N) is 3. The normalized spacial score (nSPS) is 14.1. The van der Waals surface area contributed by atoms with Gasteiger partial charge in [-0.3, -0.25) is 9.69 Å². The Bertz CT molecular complexity index is 896. The summed E-state index contributed by atoms with van der Waals surface area (Å²) in [6.45, 7) is 9.14. The summed E-state index contributed by atoms with van der Waals surface area (Å²) < 4.78 is 0. The molecule has 0 bridgehead atoms. The highest BCUT2D eigenvalue weighted by Crippen LogP contribution is 2.26. The molecule has 1 aliphatic rings. The minimum atomic E-state index is -0.0983. The first-order chi connectivity index (χ1) is 13.5. The molecule has 3 rings (SSSR count). The molecule has 0 atom stereocenters. The lowest BCUT2D eigenvalue weighted by Crippen LogP contribution is -2.18. The number of rotatable bonds is 6. The maximum Gasteiger partial charge on any atom is 0.234 e. The number of hydrogen-bond acceptors (Lipinski definition) is 5. The van der Waals surface area contributed by atoms with Gasteiger partial charge in [-0.1, -0.05) is 23.9 Å². The van der Waals surface area contributed by atoms with E-state index in [-0.39, 0.29) is 11.7 Å². The lowest BCUT2D eigenvalue weighted by molar-refractivity contribution is -0.113. The monoisotopic (exact) mass is 394 g/mol. The van der Waals surface area contributed by atoms with E-state index >= 15 is 0 Å². The predicted molar refractivity (Wildman–Crippen MR) is 113 cm³/mol. The fourth-order valence-electron chi connectivity index (χ4n) is 3.37. The summed E-state index contributed by atoms with van der Waals surface area (Å²) in [4.78, 5) is 19.3. The van der Waals surface area contributed by atoms with E-state index in [1.165, 1.54) is 43.3 Å². The van der Waals surface area contributed by atoms with Crippen LogP contribution in [0, 0.1) is 32.1 Å². The van der Waals surface area contributed by atoms with Gasteiger partial charge in [0.2, 0.25) is 5.91 Å². The van der Waals surface area contributed by atoms with Crippen molar-refractivity contribution in [2.45, 2.75) is 45.2 Å². The van der Waals surface area contributed by atoms with Crippen molar-refractivity contribution in [3.63, 3.8) is 0 Å². The molecule has 146 valence electrons. The summed E-state index contributed by atoms with van der Waals surface area (Å²) in [5.74, 6) is 0.123. The van der Waals surface area contributed by atoms with Crippen molar-refractivity contribution < 1.29 is 4.79 Å². The van der Waals surface area contributed by atoms with E-state index in [4.69, 9.17) is 0 Å². The molecule has 1 N–H and O–H groups in total. The first-order valence-corrected chi connectivity index (χ1v) is 10.6. The standard InChI is InChI=1S/C22H26N4OS/c1-15-16(2)20(12-23)22(24-17(15)3)28-14-21(27)25-19-8-6-18(7-9-19)13-26-10-4-5-11-26/h6-9H,4-5,10-11,13-14H2,1-3H3,(H,25,27). The van der Waals surface area contributed by atoms with Gasteiger partial charge < -0.3 is 5.32 Å². The third-order valence-corrected chi connectivity index (χ3v) is 6.23. The third kappa shape index (κ3) is 4.92. The Morgan fingerprint density at radius 2 is 1.86 bits per heavy atom. The van der Waals surface area contributed by atoms with Crippen LogP contribution in [0.3, 0.4) is 0 Å². The maximum absolute atomic E-state index is 12.3. The summed E-state index contributed by atoms with van der Waals surface area (Å²) >= 11 is 1.31. The van der Waals surface area contributed by atoms with E-state index in [1.54, 1.807) is 0 Å². The van der Waals surface area contributed by atoms with Gasteiger partial charge in [0.1, 0.15) is 11.1 Å². The quantitative estimate of drug-likeness (QED) is 0.744. The van der Waals surface area contributed by atoms with Gasteiger partial charge in [0.15, 0.2) is 0 Å². The van der Waals surface area contributed by atoms with Crippen LogP contribution in [0.25, 0.3) is 0 Å². The van der Waals surface area contributed by atoms with Crippen LogP contribution in [0.2, 0.25) is 0 Å². The maximum atomic E-state index is 12.3. The molecule has 1 fully saturated rings. The number of aromatic nitrogens is 1. The van der Waals surface area contributed by atoms with Crippen molar-refractivity contribution in [3.8, 4) is 6.07 Å². The largest absolute Gasteiger partial charge is 0.325 e. The molecule has 1 aromatic heterocycles. The van der Waals surface area contributed by atoms with Crippen molar-refractivity contribution in [2.24, 2.45) is 0 Å². The topological polar surface area (TPSA) is 69.0 Å². The number of nitriles is 1. The highest BCUT2D eigenvalue weighted by molar-refractivity contribution is 8.00. The summed E-state index contributed by atoms with van der Waals surface area (Å²) in [5.41, 5.74) is 5.48. The number of amides is 1. The second kappa shape index (κ2) is 9.22. The van der Waals surface area contributed by atoms with Gasteiger partial charge in [-0.2, -0.15) is 5.26 Å². The summed E-state index contributed by atoms with van der Waals surface area (Å²) in [6, 6.07) is 10.3. The number of carbonyl (C=O) groups excluding carboxylic acids is 1. The highest BCUT2D eigenvalue weighted by atomic mass is 32.2. The van der Waals surface area contributed by atoms with Crippen LogP contribution in [0.5, 0.6) is 0 Å². The van der Waals surface area contributed by atoms with Gasteiger partial charge in [-0.25, -0.2) is 4.98 Å². The Hall–Kier alpha value is -2.36. The molecular weight excluding hydrogens is 368 g/mol.